The largest absolute Gasteiger partial charge is 0.465 e. The van der Waals surface area contributed by atoms with Crippen LogP contribution < -0.4 is 5.32 Å². The molecule has 2 aromatic rings. The molecule has 2 rings (SSSR count). The second kappa shape index (κ2) is 7.06. The van der Waals surface area contributed by atoms with Gasteiger partial charge >= 0.3 is 5.97 Å². The summed E-state index contributed by atoms with van der Waals surface area (Å²) in [5.74, 6) is -0.865. The molecule has 122 valence electrons. The van der Waals surface area contributed by atoms with Crippen LogP contribution in [0.5, 0.6) is 0 Å². The van der Waals surface area contributed by atoms with Gasteiger partial charge in [0.2, 0.25) is 0 Å². The van der Waals surface area contributed by atoms with Crippen LogP contribution in [0.1, 0.15) is 39.0 Å². The Bertz CT molecular complexity index is 769. The van der Waals surface area contributed by atoms with Crippen LogP contribution in [0.4, 0.5) is 5.69 Å². The summed E-state index contributed by atoms with van der Waals surface area (Å²) in [4.78, 5) is 27.4. The molecule has 1 amide bonds. The van der Waals surface area contributed by atoms with E-state index in [1.807, 2.05) is 6.92 Å². The Balaban J connectivity index is 2.36. The topological polar surface area (TPSA) is 71.2 Å². The fourth-order valence-corrected chi connectivity index (χ4v) is 2.76. The van der Waals surface area contributed by atoms with Gasteiger partial charge in [0.05, 0.1) is 23.4 Å². The minimum absolute atomic E-state index is 0.299. The van der Waals surface area contributed by atoms with Crippen molar-refractivity contribution in [2.24, 2.45) is 0 Å². The summed E-state index contributed by atoms with van der Waals surface area (Å²) in [5, 5.41) is 3.51. The standard InChI is InChI=1S/C16H16Cl2N2O3/c1-4-11-13(16(22)23-3)8(2)14(19-11)15(21)20-12-6-5-9(17)7-10(12)18/h5-7,19H,4H2,1-3H3,(H,20,21). The van der Waals surface area contributed by atoms with E-state index in [2.05, 4.69) is 10.3 Å². The van der Waals surface area contributed by atoms with Gasteiger partial charge < -0.3 is 15.0 Å². The Morgan fingerprint density at radius 2 is 2.00 bits per heavy atom. The molecule has 1 aromatic heterocycles. The first-order valence-electron chi connectivity index (χ1n) is 6.95. The average Bonchev–Trinajstić information content (AvgIpc) is 2.86. The van der Waals surface area contributed by atoms with Gasteiger partial charge in [0, 0.05) is 10.7 Å². The number of H-pyrrole nitrogens is 1. The van der Waals surface area contributed by atoms with E-state index in [0.717, 1.165) is 0 Å². The highest BCUT2D eigenvalue weighted by atomic mass is 35.5. The van der Waals surface area contributed by atoms with Crippen molar-refractivity contribution < 1.29 is 14.3 Å². The number of aromatic amines is 1. The van der Waals surface area contributed by atoms with Crippen molar-refractivity contribution in [2.45, 2.75) is 20.3 Å². The molecule has 0 fully saturated rings. The Hall–Kier alpha value is -1.98. The van der Waals surface area contributed by atoms with E-state index < -0.39 is 11.9 Å². The molecular weight excluding hydrogens is 339 g/mol. The molecule has 0 atom stereocenters. The normalized spacial score (nSPS) is 10.5. The molecule has 0 spiro atoms. The average molecular weight is 355 g/mol. The van der Waals surface area contributed by atoms with Gasteiger partial charge in [-0.1, -0.05) is 30.1 Å². The van der Waals surface area contributed by atoms with Crippen LogP contribution in [0.2, 0.25) is 10.0 Å². The van der Waals surface area contributed by atoms with Gasteiger partial charge in [-0.15, -0.1) is 0 Å². The van der Waals surface area contributed by atoms with Crippen LogP contribution in [-0.4, -0.2) is 24.0 Å². The molecule has 0 saturated carbocycles. The van der Waals surface area contributed by atoms with Crippen LogP contribution in [0.25, 0.3) is 0 Å². The van der Waals surface area contributed by atoms with Crippen LogP contribution in [0, 0.1) is 6.92 Å². The van der Waals surface area contributed by atoms with Gasteiger partial charge in [-0.25, -0.2) is 4.79 Å². The number of rotatable bonds is 4. The predicted octanol–water partition coefficient (Wildman–Crippen LogP) is 4.23. The van der Waals surface area contributed by atoms with Crippen molar-refractivity contribution in [3.8, 4) is 0 Å². The number of hydrogen-bond acceptors (Lipinski definition) is 3. The maximum atomic E-state index is 12.5. The van der Waals surface area contributed by atoms with Crippen LogP contribution in [0.3, 0.4) is 0 Å². The number of nitrogens with one attached hydrogen (secondary N) is 2. The van der Waals surface area contributed by atoms with E-state index in [-0.39, 0.29) is 0 Å². The van der Waals surface area contributed by atoms with Crippen molar-refractivity contribution in [3.63, 3.8) is 0 Å². The van der Waals surface area contributed by atoms with E-state index >= 15 is 0 Å². The van der Waals surface area contributed by atoms with Gasteiger partial charge in [-0.2, -0.15) is 0 Å². The second-order valence-electron chi connectivity index (χ2n) is 4.90. The highest BCUT2D eigenvalue weighted by molar-refractivity contribution is 6.36. The van der Waals surface area contributed by atoms with E-state index in [4.69, 9.17) is 27.9 Å². The number of benzene rings is 1. The summed E-state index contributed by atoms with van der Waals surface area (Å²) >= 11 is 11.9. The van der Waals surface area contributed by atoms with Gasteiger partial charge in [0.25, 0.3) is 5.91 Å². The van der Waals surface area contributed by atoms with E-state index in [9.17, 15) is 9.59 Å². The number of hydrogen-bond donors (Lipinski definition) is 2. The first-order valence-corrected chi connectivity index (χ1v) is 7.70. The van der Waals surface area contributed by atoms with Crippen LogP contribution in [0.15, 0.2) is 18.2 Å². The number of anilines is 1. The van der Waals surface area contributed by atoms with E-state index in [0.29, 0.717) is 44.7 Å². The van der Waals surface area contributed by atoms with Crippen LogP contribution in [-0.2, 0) is 11.2 Å². The molecule has 0 aliphatic rings. The summed E-state index contributed by atoms with van der Waals surface area (Å²) in [6.45, 7) is 3.58. The molecule has 0 unspecified atom stereocenters. The molecular formula is C16H16Cl2N2O3. The Morgan fingerprint density at radius 1 is 1.30 bits per heavy atom. The van der Waals surface area contributed by atoms with Crippen molar-refractivity contribution in [3.05, 3.63) is 50.8 Å². The third-order valence-electron chi connectivity index (χ3n) is 3.48. The van der Waals surface area contributed by atoms with Crippen molar-refractivity contribution in [1.82, 2.24) is 4.98 Å². The smallest absolute Gasteiger partial charge is 0.339 e. The Morgan fingerprint density at radius 3 is 2.57 bits per heavy atom. The summed E-state index contributed by atoms with van der Waals surface area (Å²) in [5.41, 5.74) is 2.32. The maximum Gasteiger partial charge on any atom is 0.339 e. The highest BCUT2D eigenvalue weighted by Crippen LogP contribution is 2.27. The monoisotopic (exact) mass is 354 g/mol. The first-order chi connectivity index (χ1) is 10.9. The summed E-state index contributed by atoms with van der Waals surface area (Å²) in [6.07, 6.45) is 0.570. The molecule has 0 bridgehead atoms. The molecule has 1 heterocycles. The number of esters is 1. The van der Waals surface area contributed by atoms with Crippen molar-refractivity contribution in [1.29, 1.82) is 0 Å². The van der Waals surface area contributed by atoms with Gasteiger partial charge in [0.15, 0.2) is 0 Å². The molecule has 0 aliphatic heterocycles. The zero-order chi connectivity index (χ0) is 17.1. The number of aromatic nitrogens is 1. The summed E-state index contributed by atoms with van der Waals surface area (Å²) < 4.78 is 4.78. The molecule has 0 aliphatic carbocycles. The lowest BCUT2D eigenvalue weighted by Crippen LogP contribution is -2.14. The lowest BCUT2D eigenvalue weighted by Gasteiger charge is -2.07. The third-order valence-corrected chi connectivity index (χ3v) is 4.02. The summed E-state index contributed by atoms with van der Waals surface area (Å²) in [6, 6.07) is 4.78. The van der Waals surface area contributed by atoms with E-state index in [1.165, 1.54) is 13.2 Å². The fourth-order valence-electron chi connectivity index (χ4n) is 2.30. The lowest BCUT2D eigenvalue weighted by atomic mass is 10.1. The number of methoxy groups -OCH3 is 1. The number of halogens is 2. The fraction of sp³-hybridized carbons (Fsp3) is 0.250. The first kappa shape index (κ1) is 17.4. The zero-order valence-corrected chi connectivity index (χ0v) is 14.4. The molecule has 0 radical (unpaired) electrons. The number of amides is 1. The molecule has 23 heavy (non-hydrogen) atoms. The number of carbonyl (C=O) groups is 2. The lowest BCUT2D eigenvalue weighted by molar-refractivity contribution is 0.0599. The maximum absolute atomic E-state index is 12.5. The van der Waals surface area contributed by atoms with Gasteiger partial charge in [-0.05, 0) is 37.1 Å². The minimum atomic E-state index is -0.473. The zero-order valence-electron chi connectivity index (χ0n) is 12.9. The molecule has 5 nitrogen and oxygen atoms in total. The highest BCUT2D eigenvalue weighted by Gasteiger charge is 2.23. The molecule has 2 N–H and O–H groups in total. The van der Waals surface area contributed by atoms with Gasteiger partial charge in [0.1, 0.15) is 5.69 Å². The quantitative estimate of drug-likeness (QED) is 0.807. The van der Waals surface area contributed by atoms with Crippen LogP contribution >= 0.6 is 23.2 Å². The Labute approximate surface area is 143 Å². The summed E-state index contributed by atoms with van der Waals surface area (Å²) in [7, 11) is 1.31. The number of aryl methyl sites for hydroxylation is 1. The second-order valence-corrected chi connectivity index (χ2v) is 5.75. The SMILES string of the molecule is CCc1[nH]c(C(=O)Nc2ccc(Cl)cc2Cl)c(C)c1C(=O)OC. The van der Waals surface area contributed by atoms with Crippen molar-refractivity contribution in [2.75, 3.05) is 12.4 Å². The van der Waals surface area contributed by atoms with E-state index in [1.54, 1.807) is 19.1 Å². The molecule has 7 heteroatoms. The third kappa shape index (κ3) is 3.51. The number of carbonyl (C=O) groups excluding carboxylic acids is 2. The number of ether oxygens (including phenoxy) is 1. The predicted molar refractivity (Wildman–Crippen MR) is 90.7 cm³/mol. The Kier molecular flexibility index (Phi) is 5.34. The molecule has 1 aromatic carbocycles. The van der Waals surface area contributed by atoms with Gasteiger partial charge in [-0.3, -0.25) is 4.79 Å². The van der Waals surface area contributed by atoms with Crippen molar-refractivity contribution >= 4 is 40.8 Å². The minimum Gasteiger partial charge on any atom is -0.465 e. The molecule has 0 saturated heterocycles.